The molecule has 0 saturated heterocycles. The third kappa shape index (κ3) is 3.39. The summed E-state index contributed by atoms with van der Waals surface area (Å²) in [6, 6.07) is 6.42. The number of nitroso groups, excluding NO2 is 1. The van der Waals surface area contributed by atoms with Crippen LogP contribution in [0, 0.1) is 4.91 Å². The van der Waals surface area contributed by atoms with Crippen LogP contribution in [0.15, 0.2) is 39.6 Å². The van der Waals surface area contributed by atoms with Gasteiger partial charge in [-0.15, -0.1) is 4.91 Å². The van der Waals surface area contributed by atoms with E-state index in [4.69, 9.17) is 0 Å². The number of carbonyl (C=O) groups is 1. The predicted octanol–water partition coefficient (Wildman–Crippen LogP) is 3.01. The SMILES string of the molecule is CCOC(=O)C(N=O)=C(O)c1ccc(Br)cc1. The van der Waals surface area contributed by atoms with Crippen LogP contribution < -0.4 is 0 Å². The minimum absolute atomic E-state index is 0.103. The first kappa shape index (κ1) is 13.4. The molecule has 0 amide bonds. The maximum atomic E-state index is 11.3. The van der Waals surface area contributed by atoms with E-state index in [0.29, 0.717) is 5.56 Å². The van der Waals surface area contributed by atoms with Gasteiger partial charge in [-0.3, -0.25) is 0 Å². The van der Waals surface area contributed by atoms with Gasteiger partial charge in [0.1, 0.15) is 0 Å². The Labute approximate surface area is 106 Å². The van der Waals surface area contributed by atoms with Gasteiger partial charge in [-0.05, 0) is 24.2 Å². The second kappa shape index (κ2) is 6.15. The van der Waals surface area contributed by atoms with E-state index in [1.165, 1.54) is 0 Å². The molecule has 0 aliphatic heterocycles. The second-order valence-corrected chi connectivity index (χ2v) is 3.93. The molecular weight excluding hydrogens is 290 g/mol. The van der Waals surface area contributed by atoms with Gasteiger partial charge in [-0.25, -0.2) is 4.79 Å². The lowest BCUT2D eigenvalue weighted by Crippen LogP contribution is -2.08. The third-order valence-electron chi connectivity index (χ3n) is 1.90. The Morgan fingerprint density at radius 1 is 1.41 bits per heavy atom. The maximum absolute atomic E-state index is 11.3. The fourth-order valence-electron chi connectivity index (χ4n) is 1.12. The first-order valence-electron chi connectivity index (χ1n) is 4.79. The van der Waals surface area contributed by atoms with E-state index < -0.39 is 17.4 Å². The minimum atomic E-state index is -0.942. The van der Waals surface area contributed by atoms with Gasteiger partial charge in [-0.2, -0.15) is 0 Å². The molecule has 0 spiro atoms. The summed E-state index contributed by atoms with van der Waals surface area (Å²) in [7, 11) is 0. The fraction of sp³-hybridized carbons (Fsp3) is 0.182. The van der Waals surface area contributed by atoms with Gasteiger partial charge < -0.3 is 9.84 Å². The molecule has 17 heavy (non-hydrogen) atoms. The van der Waals surface area contributed by atoms with Crippen molar-refractivity contribution in [3.05, 3.63) is 44.9 Å². The number of aliphatic hydroxyl groups excluding tert-OH is 1. The summed E-state index contributed by atoms with van der Waals surface area (Å²) in [6.07, 6.45) is 0. The van der Waals surface area contributed by atoms with Crippen molar-refractivity contribution in [1.29, 1.82) is 0 Å². The number of nitrogens with zero attached hydrogens (tertiary/aromatic N) is 1. The van der Waals surface area contributed by atoms with Crippen molar-refractivity contribution >= 4 is 27.7 Å². The molecule has 0 unspecified atom stereocenters. The molecule has 90 valence electrons. The number of aliphatic hydroxyl groups is 1. The monoisotopic (exact) mass is 299 g/mol. The highest BCUT2D eigenvalue weighted by Crippen LogP contribution is 2.20. The number of benzene rings is 1. The standard InChI is InChI=1S/C11H10BrNO4/c1-2-17-11(15)9(13-16)10(14)7-3-5-8(12)6-4-7/h3-6,14H,2H2,1H3. The van der Waals surface area contributed by atoms with E-state index in [2.05, 4.69) is 25.8 Å². The van der Waals surface area contributed by atoms with E-state index in [1.807, 2.05) is 0 Å². The molecule has 0 aromatic heterocycles. The lowest BCUT2D eigenvalue weighted by atomic mass is 10.1. The van der Waals surface area contributed by atoms with Crippen LogP contribution in [0.4, 0.5) is 0 Å². The normalized spacial score (nSPS) is 11.6. The first-order valence-corrected chi connectivity index (χ1v) is 5.59. The maximum Gasteiger partial charge on any atom is 0.364 e. The highest BCUT2D eigenvalue weighted by atomic mass is 79.9. The average Bonchev–Trinajstić information content (AvgIpc) is 2.31. The van der Waals surface area contributed by atoms with Crippen molar-refractivity contribution in [2.75, 3.05) is 6.61 Å². The van der Waals surface area contributed by atoms with Crippen molar-refractivity contribution in [3.8, 4) is 0 Å². The summed E-state index contributed by atoms with van der Waals surface area (Å²) in [5, 5.41) is 12.2. The summed E-state index contributed by atoms with van der Waals surface area (Å²) in [5.74, 6) is -1.44. The molecule has 1 aromatic carbocycles. The van der Waals surface area contributed by atoms with E-state index >= 15 is 0 Å². The van der Waals surface area contributed by atoms with Crippen LogP contribution in [0.1, 0.15) is 12.5 Å². The van der Waals surface area contributed by atoms with Crippen LogP contribution in [-0.4, -0.2) is 17.7 Å². The van der Waals surface area contributed by atoms with Crippen LogP contribution in [0.2, 0.25) is 0 Å². The highest BCUT2D eigenvalue weighted by molar-refractivity contribution is 9.10. The van der Waals surface area contributed by atoms with Gasteiger partial charge in [0.05, 0.1) is 6.61 Å². The number of ether oxygens (including phenoxy) is 1. The zero-order valence-electron chi connectivity index (χ0n) is 9.01. The molecule has 0 aliphatic carbocycles. The summed E-state index contributed by atoms with van der Waals surface area (Å²) in [5.41, 5.74) is -0.315. The molecule has 6 heteroatoms. The van der Waals surface area contributed by atoms with Gasteiger partial charge in [0.2, 0.25) is 5.70 Å². The van der Waals surface area contributed by atoms with Gasteiger partial charge in [0.15, 0.2) is 5.76 Å². The molecule has 0 heterocycles. The van der Waals surface area contributed by atoms with E-state index in [1.54, 1.807) is 31.2 Å². The van der Waals surface area contributed by atoms with Crippen molar-refractivity contribution in [2.24, 2.45) is 5.18 Å². The first-order chi connectivity index (χ1) is 8.10. The van der Waals surface area contributed by atoms with Gasteiger partial charge in [0, 0.05) is 10.0 Å². The van der Waals surface area contributed by atoms with E-state index in [0.717, 1.165) is 4.47 Å². The van der Waals surface area contributed by atoms with Crippen LogP contribution in [0.5, 0.6) is 0 Å². The van der Waals surface area contributed by atoms with E-state index in [-0.39, 0.29) is 6.61 Å². The minimum Gasteiger partial charge on any atom is -0.505 e. The molecule has 0 bridgehead atoms. The number of hydrogen-bond donors (Lipinski definition) is 1. The number of hydrogen-bond acceptors (Lipinski definition) is 5. The Balaban J connectivity index is 3.12. The van der Waals surface area contributed by atoms with Gasteiger partial charge in [-0.1, -0.05) is 28.1 Å². The molecule has 1 rings (SSSR count). The van der Waals surface area contributed by atoms with Gasteiger partial charge >= 0.3 is 5.97 Å². The lowest BCUT2D eigenvalue weighted by Gasteiger charge is -2.04. The lowest BCUT2D eigenvalue weighted by molar-refractivity contribution is -0.138. The van der Waals surface area contributed by atoms with Crippen molar-refractivity contribution in [3.63, 3.8) is 0 Å². The molecule has 1 aromatic rings. The molecule has 1 N–H and O–H groups in total. The summed E-state index contributed by atoms with van der Waals surface area (Å²) < 4.78 is 5.41. The number of rotatable bonds is 4. The predicted molar refractivity (Wildman–Crippen MR) is 66.1 cm³/mol. The number of halogens is 1. The average molecular weight is 300 g/mol. The molecular formula is C11H10BrNO4. The molecule has 0 fully saturated rings. The van der Waals surface area contributed by atoms with E-state index in [9.17, 15) is 14.8 Å². The molecule has 0 radical (unpaired) electrons. The Hall–Kier alpha value is -1.69. The summed E-state index contributed by atoms with van der Waals surface area (Å²) >= 11 is 3.23. The molecule has 0 atom stereocenters. The Kier molecular flexibility index (Phi) is 4.84. The number of carbonyl (C=O) groups excluding carboxylic acids is 1. The van der Waals surface area contributed by atoms with Crippen LogP contribution >= 0.6 is 15.9 Å². The Morgan fingerprint density at radius 3 is 2.47 bits per heavy atom. The summed E-state index contributed by atoms with van der Waals surface area (Å²) in [4.78, 5) is 21.8. The quantitative estimate of drug-likeness (QED) is 0.401. The largest absolute Gasteiger partial charge is 0.505 e. The Morgan fingerprint density at radius 2 is 2.00 bits per heavy atom. The third-order valence-corrected chi connectivity index (χ3v) is 2.43. The van der Waals surface area contributed by atoms with Crippen molar-refractivity contribution < 1.29 is 14.6 Å². The molecule has 0 saturated carbocycles. The zero-order chi connectivity index (χ0) is 12.8. The van der Waals surface area contributed by atoms with Crippen LogP contribution in [-0.2, 0) is 9.53 Å². The van der Waals surface area contributed by atoms with Crippen molar-refractivity contribution in [1.82, 2.24) is 0 Å². The summed E-state index contributed by atoms with van der Waals surface area (Å²) in [6.45, 7) is 1.70. The second-order valence-electron chi connectivity index (χ2n) is 3.02. The molecule has 0 aliphatic rings. The highest BCUT2D eigenvalue weighted by Gasteiger charge is 2.18. The van der Waals surface area contributed by atoms with Crippen LogP contribution in [0.25, 0.3) is 5.76 Å². The smallest absolute Gasteiger partial charge is 0.364 e. The number of esters is 1. The van der Waals surface area contributed by atoms with Gasteiger partial charge in [0.25, 0.3) is 0 Å². The fourth-order valence-corrected chi connectivity index (χ4v) is 1.39. The Bertz CT molecular complexity index is 453. The van der Waals surface area contributed by atoms with Crippen LogP contribution in [0.3, 0.4) is 0 Å². The topological polar surface area (TPSA) is 76.0 Å². The van der Waals surface area contributed by atoms with Crippen molar-refractivity contribution in [2.45, 2.75) is 6.92 Å². The molecule has 5 nitrogen and oxygen atoms in total. The zero-order valence-corrected chi connectivity index (χ0v) is 10.6.